The van der Waals surface area contributed by atoms with E-state index >= 15 is 0 Å². The van der Waals surface area contributed by atoms with Crippen LogP contribution in [-0.2, 0) is 7.05 Å². The second-order valence-electron chi connectivity index (χ2n) is 5.80. The molecule has 0 radical (unpaired) electrons. The van der Waals surface area contributed by atoms with E-state index in [4.69, 9.17) is 0 Å². The minimum Gasteiger partial charge on any atom is -0.351 e. The number of nitrogens with zero attached hydrogens (tertiary/aromatic N) is 3. The van der Waals surface area contributed by atoms with Gasteiger partial charge in [0.15, 0.2) is 0 Å². The number of urea groups is 1. The Hall–Kier alpha value is -3.54. The van der Waals surface area contributed by atoms with Gasteiger partial charge < -0.3 is 19.8 Å². The molecule has 2 aromatic carbocycles. The average molecular weight is 331 g/mol. The molecule has 25 heavy (non-hydrogen) atoms. The van der Waals surface area contributed by atoms with E-state index < -0.39 is 0 Å². The molecule has 0 atom stereocenters. The lowest BCUT2D eigenvalue weighted by atomic mass is 10.2. The molecule has 0 aliphatic rings. The van der Waals surface area contributed by atoms with E-state index in [1.807, 2.05) is 77.1 Å². The van der Waals surface area contributed by atoms with Crippen molar-refractivity contribution in [3.8, 4) is 5.69 Å². The molecule has 0 aliphatic heterocycles. The maximum atomic E-state index is 12.3. The second kappa shape index (κ2) is 6.16. The summed E-state index contributed by atoms with van der Waals surface area (Å²) in [6, 6.07) is 15.2. The van der Waals surface area contributed by atoms with E-state index in [1.54, 1.807) is 12.5 Å². The zero-order valence-corrected chi connectivity index (χ0v) is 13.7. The summed E-state index contributed by atoms with van der Waals surface area (Å²) in [7, 11) is 2.00. The number of aromatic nitrogens is 3. The monoisotopic (exact) mass is 331 g/mol. The highest BCUT2D eigenvalue weighted by atomic mass is 16.2. The molecule has 0 aliphatic carbocycles. The summed E-state index contributed by atoms with van der Waals surface area (Å²) >= 11 is 0. The van der Waals surface area contributed by atoms with Crippen molar-refractivity contribution in [2.24, 2.45) is 7.05 Å². The van der Waals surface area contributed by atoms with Crippen LogP contribution in [0.15, 0.2) is 73.4 Å². The van der Waals surface area contributed by atoms with Gasteiger partial charge in [0, 0.05) is 53.6 Å². The average Bonchev–Trinajstić information content (AvgIpc) is 3.25. The van der Waals surface area contributed by atoms with Crippen molar-refractivity contribution in [3.63, 3.8) is 0 Å². The second-order valence-corrected chi connectivity index (χ2v) is 5.80. The van der Waals surface area contributed by atoms with Gasteiger partial charge in [-0.1, -0.05) is 6.07 Å². The Morgan fingerprint density at radius 1 is 1.00 bits per heavy atom. The lowest BCUT2D eigenvalue weighted by Gasteiger charge is -2.10. The molecule has 124 valence electrons. The number of rotatable bonds is 3. The molecule has 4 aromatic rings. The van der Waals surface area contributed by atoms with Crippen LogP contribution < -0.4 is 10.6 Å². The SMILES string of the molecule is Cn1ccc2cc(NC(=O)Nc3cccc(-n4ccnc4)c3)ccc21. The minimum absolute atomic E-state index is 0.280. The summed E-state index contributed by atoms with van der Waals surface area (Å²) in [5, 5.41) is 6.81. The van der Waals surface area contributed by atoms with Crippen LogP contribution in [0.1, 0.15) is 0 Å². The smallest absolute Gasteiger partial charge is 0.323 e. The Kier molecular flexibility index (Phi) is 3.70. The predicted octanol–water partition coefficient (Wildman–Crippen LogP) is 4.01. The fourth-order valence-corrected chi connectivity index (χ4v) is 2.81. The number of amides is 2. The van der Waals surface area contributed by atoms with Gasteiger partial charge in [0.2, 0.25) is 0 Å². The standard InChI is InChI=1S/C19H17N5O/c1-23-9-7-14-11-16(5-6-18(14)23)22-19(25)21-15-3-2-4-17(12-15)24-10-8-20-13-24/h2-13H,1H3,(H2,21,22,25). The third kappa shape index (κ3) is 3.10. The van der Waals surface area contributed by atoms with Crippen LogP contribution in [0.5, 0.6) is 0 Å². The first-order chi connectivity index (χ1) is 12.2. The molecule has 0 spiro atoms. The largest absolute Gasteiger partial charge is 0.351 e. The minimum atomic E-state index is -0.280. The van der Waals surface area contributed by atoms with E-state index in [2.05, 4.69) is 15.6 Å². The molecule has 2 aromatic heterocycles. The van der Waals surface area contributed by atoms with Crippen molar-refractivity contribution in [2.45, 2.75) is 0 Å². The van der Waals surface area contributed by atoms with Crippen molar-refractivity contribution in [3.05, 3.63) is 73.4 Å². The number of hydrogen-bond acceptors (Lipinski definition) is 2. The van der Waals surface area contributed by atoms with Gasteiger partial charge in [-0.2, -0.15) is 0 Å². The van der Waals surface area contributed by atoms with E-state index in [0.717, 1.165) is 22.3 Å². The first-order valence-electron chi connectivity index (χ1n) is 7.90. The highest BCUT2D eigenvalue weighted by molar-refractivity contribution is 6.01. The Morgan fingerprint density at radius 2 is 1.84 bits per heavy atom. The Balaban J connectivity index is 1.49. The molecule has 6 nitrogen and oxygen atoms in total. The fourth-order valence-electron chi connectivity index (χ4n) is 2.81. The normalized spacial score (nSPS) is 10.8. The lowest BCUT2D eigenvalue weighted by molar-refractivity contribution is 0.262. The van der Waals surface area contributed by atoms with Gasteiger partial charge in [0.1, 0.15) is 0 Å². The van der Waals surface area contributed by atoms with Gasteiger partial charge in [0.25, 0.3) is 0 Å². The van der Waals surface area contributed by atoms with E-state index in [-0.39, 0.29) is 6.03 Å². The molecule has 4 rings (SSSR count). The number of aryl methyl sites for hydroxylation is 1. The van der Waals surface area contributed by atoms with Crippen molar-refractivity contribution < 1.29 is 4.79 Å². The van der Waals surface area contributed by atoms with Crippen molar-refractivity contribution in [1.82, 2.24) is 14.1 Å². The maximum absolute atomic E-state index is 12.3. The zero-order valence-electron chi connectivity index (χ0n) is 13.7. The number of imidazole rings is 1. The molecule has 0 saturated heterocycles. The van der Waals surface area contributed by atoms with E-state index in [0.29, 0.717) is 5.69 Å². The van der Waals surface area contributed by atoms with Crippen LogP contribution >= 0.6 is 0 Å². The summed E-state index contributed by atoms with van der Waals surface area (Å²) in [5.41, 5.74) is 3.52. The van der Waals surface area contributed by atoms with Crippen LogP contribution in [0.2, 0.25) is 0 Å². The van der Waals surface area contributed by atoms with Crippen molar-refractivity contribution in [2.75, 3.05) is 10.6 Å². The fraction of sp³-hybridized carbons (Fsp3) is 0.0526. The zero-order chi connectivity index (χ0) is 17.2. The Labute approximate surface area is 144 Å². The van der Waals surface area contributed by atoms with Gasteiger partial charge in [0.05, 0.1) is 6.33 Å². The molecule has 6 heteroatoms. The van der Waals surface area contributed by atoms with E-state index in [9.17, 15) is 4.79 Å². The van der Waals surface area contributed by atoms with Crippen LogP contribution in [-0.4, -0.2) is 20.1 Å². The molecule has 2 N–H and O–H groups in total. The molecule has 2 amide bonds. The first-order valence-corrected chi connectivity index (χ1v) is 7.90. The molecule has 0 saturated carbocycles. The summed E-state index contributed by atoms with van der Waals surface area (Å²) < 4.78 is 3.92. The number of carbonyl (C=O) groups is 1. The summed E-state index contributed by atoms with van der Waals surface area (Å²) in [6.45, 7) is 0. The maximum Gasteiger partial charge on any atom is 0.323 e. The highest BCUT2D eigenvalue weighted by Crippen LogP contribution is 2.20. The Morgan fingerprint density at radius 3 is 2.64 bits per heavy atom. The molecular weight excluding hydrogens is 314 g/mol. The van der Waals surface area contributed by atoms with Gasteiger partial charge in [-0.05, 0) is 42.5 Å². The van der Waals surface area contributed by atoms with Crippen LogP contribution in [0.4, 0.5) is 16.2 Å². The Bertz CT molecular complexity index is 1030. The lowest BCUT2D eigenvalue weighted by Crippen LogP contribution is -2.19. The van der Waals surface area contributed by atoms with Gasteiger partial charge in [-0.3, -0.25) is 0 Å². The number of hydrogen-bond donors (Lipinski definition) is 2. The summed E-state index contributed by atoms with van der Waals surface area (Å²) in [6.07, 6.45) is 7.28. The molecule has 0 fully saturated rings. The van der Waals surface area contributed by atoms with Crippen LogP contribution in [0, 0.1) is 0 Å². The first kappa shape index (κ1) is 15.0. The van der Waals surface area contributed by atoms with Crippen molar-refractivity contribution in [1.29, 1.82) is 0 Å². The summed E-state index contributed by atoms with van der Waals surface area (Å²) in [5.74, 6) is 0. The molecule has 0 bridgehead atoms. The number of benzene rings is 2. The van der Waals surface area contributed by atoms with Crippen LogP contribution in [0.25, 0.3) is 16.6 Å². The van der Waals surface area contributed by atoms with Gasteiger partial charge in [-0.25, -0.2) is 9.78 Å². The molecule has 0 unspecified atom stereocenters. The number of anilines is 2. The number of nitrogens with one attached hydrogen (secondary N) is 2. The number of fused-ring (bicyclic) bond motifs is 1. The molecule has 2 heterocycles. The predicted molar refractivity (Wildman–Crippen MR) is 99.1 cm³/mol. The number of carbonyl (C=O) groups excluding carboxylic acids is 1. The highest BCUT2D eigenvalue weighted by Gasteiger charge is 2.06. The topological polar surface area (TPSA) is 63.9 Å². The van der Waals surface area contributed by atoms with Gasteiger partial charge in [-0.15, -0.1) is 0 Å². The third-order valence-electron chi connectivity index (χ3n) is 4.05. The van der Waals surface area contributed by atoms with E-state index in [1.165, 1.54) is 0 Å². The quantitative estimate of drug-likeness (QED) is 0.596. The van der Waals surface area contributed by atoms with Gasteiger partial charge >= 0.3 is 6.03 Å². The third-order valence-corrected chi connectivity index (χ3v) is 4.05. The summed E-state index contributed by atoms with van der Waals surface area (Å²) in [4.78, 5) is 16.3. The van der Waals surface area contributed by atoms with Crippen LogP contribution in [0.3, 0.4) is 0 Å². The van der Waals surface area contributed by atoms with Crippen molar-refractivity contribution >= 4 is 28.3 Å². The molecular formula is C19H17N5O.